The first kappa shape index (κ1) is 16.3. The molecule has 0 aromatic carbocycles. The Bertz CT molecular complexity index is 389. The highest BCUT2D eigenvalue weighted by Gasteiger charge is 2.46. The zero-order valence-electron chi connectivity index (χ0n) is 13.4. The SMILES string of the molecule is CCCCCCCCCCN1C(=O)C2C=CCCC2C1=O. The van der Waals surface area contributed by atoms with Gasteiger partial charge in [0, 0.05) is 6.54 Å². The average Bonchev–Trinajstić information content (AvgIpc) is 2.75. The minimum atomic E-state index is -0.153. The van der Waals surface area contributed by atoms with Gasteiger partial charge in [-0.3, -0.25) is 14.5 Å². The van der Waals surface area contributed by atoms with Crippen molar-refractivity contribution in [2.75, 3.05) is 6.54 Å². The van der Waals surface area contributed by atoms with Crippen molar-refractivity contribution in [3.05, 3.63) is 12.2 Å². The van der Waals surface area contributed by atoms with Gasteiger partial charge in [0.25, 0.3) is 0 Å². The summed E-state index contributed by atoms with van der Waals surface area (Å²) < 4.78 is 0. The summed E-state index contributed by atoms with van der Waals surface area (Å²) >= 11 is 0. The third-order valence-corrected chi connectivity index (χ3v) is 4.79. The van der Waals surface area contributed by atoms with Crippen molar-refractivity contribution in [3.8, 4) is 0 Å². The lowest BCUT2D eigenvalue weighted by Gasteiger charge is -2.14. The number of hydrogen-bond acceptors (Lipinski definition) is 2. The van der Waals surface area contributed by atoms with Crippen molar-refractivity contribution >= 4 is 11.8 Å². The summed E-state index contributed by atoms with van der Waals surface area (Å²) in [5, 5.41) is 0. The zero-order chi connectivity index (χ0) is 15.1. The highest BCUT2D eigenvalue weighted by atomic mass is 16.2. The van der Waals surface area contributed by atoms with Gasteiger partial charge in [0.05, 0.1) is 11.8 Å². The number of carbonyl (C=O) groups is 2. The minimum absolute atomic E-state index is 0.0453. The number of hydrogen-bond donors (Lipinski definition) is 0. The van der Waals surface area contributed by atoms with E-state index in [2.05, 4.69) is 6.92 Å². The van der Waals surface area contributed by atoms with Crippen LogP contribution in [0.1, 0.15) is 71.1 Å². The van der Waals surface area contributed by atoms with Crippen molar-refractivity contribution in [1.82, 2.24) is 4.90 Å². The van der Waals surface area contributed by atoms with Crippen LogP contribution in [-0.4, -0.2) is 23.3 Å². The Balaban J connectivity index is 1.64. The van der Waals surface area contributed by atoms with Crippen LogP contribution in [0.2, 0.25) is 0 Å². The summed E-state index contributed by atoms with van der Waals surface area (Å²) in [6, 6.07) is 0. The van der Waals surface area contributed by atoms with Crippen molar-refractivity contribution in [1.29, 1.82) is 0 Å². The lowest BCUT2D eigenvalue weighted by molar-refractivity contribution is -0.139. The topological polar surface area (TPSA) is 37.4 Å². The van der Waals surface area contributed by atoms with Crippen molar-refractivity contribution in [3.63, 3.8) is 0 Å². The molecule has 1 fully saturated rings. The van der Waals surface area contributed by atoms with E-state index >= 15 is 0 Å². The molecule has 118 valence electrons. The van der Waals surface area contributed by atoms with E-state index in [0.717, 1.165) is 25.7 Å². The number of amides is 2. The van der Waals surface area contributed by atoms with Crippen LogP contribution in [-0.2, 0) is 9.59 Å². The summed E-state index contributed by atoms with van der Waals surface area (Å²) in [5.74, 6) is -0.0852. The van der Waals surface area contributed by atoms with Gasteiger partial charge in [-0.25, -0.2) is 0 Å². The Hall–Kier alpha value is -1.12. The van der Waals surface area contributed by atoms with Crippen LogP contribution >= 0.6 is 0 Å². The quantitative estimate of drug-likeness (QED) is 0.365. The predicted molar refractivity (Wildman–Crippen MR) is 84.7 cm³/mol. The Labute approximate surface area is 128 Å². The second kappa shape index (κ2) is 8.35. The first-order chi connectivity index (χ1) is 10.3. The van der Waals surface area contributed by atoms with E-state index in [0.29, 0.717) is 6.54 Å². The Morgan fingerprint density at radius 3 is 2.33 bits per heavy atom. The smallest absolute Gasteiger partial charge is 0.236 e. The van der Waals surface area contributed by atoms with Crippen LogP contribution in [0.5, 0.6) is 0 Å². The number of rotatable bonds is 9. The molecule has 21 heavy (non-hydrogen) atoms. The fraction of sp³-hybridized carbons (Fsp3) is 0.778. The molecule has 3 nitrogen and oxygen atoms in total. The van der Waals surface area contributed by atoms with Crippen molar-refractivity contribution in [2.45, 2.75) is 71.1 Å². The van der Waals surface area contributed by atoms with E-state index in [1.165, 1.54) is 43.4 Å². The van der Waals surface area contributed by atoms with Gasteiger partial charge in [0.1, 0.15) is 0 Å². The second-order valence-electron chi connectivity index (χ2n) is 6.44. The molecule has 0 aromatic heterocycles. The summed E-state index contributed by atoms with van der Waals surface area (Å²) in [4.78, 5) is 26.0. The van der Waals surface area contributed by atoms with Crippen LogP contribution in [0.15, 0.2) is 12.2 Å². The van der Waals surface area contributed by atoms with E-state index in [9.17, 15) is 9.59 Å². The van der Waals surface area contributed by atoms with E-state index in [4.69, 9.17) is 0 Å². The number of carbonyl (C=O) groups excluding carboxylic acids is 2. The van der Waals surface area contributed by atoms with Gasteiger partial charge in [0.15, 0.2) is 0 Å². The van der Waals surface area contributed by atoms with Gasteiger partial charge in [-0.1, -0.05) is 64.0 Å². The molecule has 2 amide bonds. The predicted octanol–water partition coefficient (Wildman–Crippen LogP) is 4.08. The molecular weight excluding hydrogens is 262 g/mol. The van der Waals surface area contributed by atoms with Crippen molar-refractivity contribution < 1.29 is 9.59 Å². The summed E-state index contributed by atoms with van der Waals surface area (Å²) in [6.45, 7) is 2.87. The van der Waals surface area contributed by atoms with Gasteiger partial charge in [-0.2, -0.15) is 0 Å². The maximum atomic E-state index is 12.3. The first-order valence-corrected chi connectivity index (χ1v) is 8.77. The largest absolute Gasteiger partial charge is 0.282 e. The number of likely N-dealkylation sites (tertiary alicyclic amines) is 1. The molecule has 0 bridgehead atoms. The lowest BCUT2D eigenvalue weighted by Crippen LogP contribution is -2.32. The number of fused-ring (bicyclic) bond motifs is 1. The molecule has 0 aromatic rings. The molecule has 2 atom stereocenters. The number of imide groups is 1. The van der Waals surface area contributed by atoms with Crippen LogP contribution in [0.25, 0.3) is 0 Å². The molecule has 2 unspecified atom stereocenters. The maximum Gasteiger partial charge on any atom is 0.236 e. The normalized spacial score (nSPS) is 24.7. The molecule has 2 rings (SSSR count). The average molecular weight is 291 g/mol. The van der Waals surface area contributed by atoms with Gasteiger partial charge >= 0.3 is 0 Å². The Morgan fingerprint density at radius 2 is 1.67 bits per heavy atom. The summed E-state index contributed by atoms with van der Waals surface area (Å²) in [5.41, 5.74) is 0. The highest BCUT2D eigenvalue weighted by molar-refractivity contribution is 6.06. The van der Waals surface area contributed by atoms with Gasteiger partial charge in [0.2, 0.25) is 11.8 Å². The molecule has 1 saturated heterocycles. The van der Waals surface area contributed by atoms with Crippen molar-refractivity contribution in [2.24, 2.45) is 11.8 Å². The van der Waals surface area contributed by atoms with Crippen LogP contribution < -0.4 is 0 Å². The van der Waals surface area contributed by atoms with E-state index in [1.54, 1.807) is 0 Å². The molecule has 2 aliphatic rings. The molecule has 1 heterocycles. The standard InChI is InChI=1S/C18H29NO2/c1-2-3-4-5-6-7-8-11-14-19-17(20)15-12-9-10-13-16(15)18(19)21/h9,12,15-16H,2-8,10-11,13-14H2,1H3. The van der Waals surface area contributed by atoms with Gasteiger partial charge in [-0.05, 0) is 19.3 Å². The Kier molecular flexibility index (Phi) is 6.47. The molecule has 1 aliphatic heterocycles. The number of unbranched alkanes of at least 4 members (excludes halogenated alkanes) is 7. The molecule has 1 aliphatic carbocycles. The maximum absolute atomic E-state index is 12.3. The first-order valence-electron chi connectivity index (χ1n) is 8.77. The number of nitrogens with zero attached hydrogens (tertiary/aromatic N) is 1. The third-order valence-electron chi connectivity index (χ3n) is 4.79. The molecule has 3 heteroatoms. The molecule has 0 spiro atoms. The second-order valence-corrected chi connectivity index (χ2v) is 6.44. The highest BCUT2D eigenvalue weighted by Crippen LogP contribution is 2.34. The number of allylic oxidation sites excluding steroid dienone is 1. The monoisotopic (exact) mass is 291 g/mol. The van der Waals surface area contributed by atoms with E-state index < -0.39 is 0 Å². The molecule has 0 radical (unpaired) electrons. The van der Waals surface area contributed by atoms with E-state index in [-0.39, 0.29) is 23.7 Å². The third kappa shape index (κ3) is 4.18. The van der Waals surface area contributed by atoms with Gasteiger partial charge < -0.3 is 0 Å². The molecular formula is C18H29NO2. The zero-order valence-corrected chi connectivity index (χ0v) is 13.4. The Morgan fingerprint density at radius 1 is 1.00 bits per heavy atom. The molecule has 0 saturated carbocycles. The fourth-order valence-corrected chi connectivity index (χ4v) is 3.48. The molecule has 0 N–H and O–H groups in total. The lowest BCUT2D eigenvalue weighted by atomic mass is 9.86. The minimum Gasteiger partial charge on any atom is -0.282 e. The summed E-state index contributed by atoms with van der Waals surface area (Å²) in [6.07, 6.45) is 15.7. The van der Waals surface area contributed by atoms with Crippen LogP contribution in [0, 0.1) is 11.8 Å². The van der Waals surface area contributed by atoms with Crippen LogP contribution in [0.4, 0.5) is 0 Å². The fourth-order valence-electron chi connectivity index (χ4n) is 3.48. The van der Waals surface area contributed by atoms with Crippen LogP contribution in [0.3, 0.4) is 0 Å². The van der Waals surface area contributed by atoms with Gasteiger partial charge in [-0.15, -0.1) is 0 Å². The summed E-state index contributed by atoms with van der Waals surface area (Å²) in [7, 11) is 0. The van der Waals surface area contributed by atoms with E-state index in [1.807, 2.05) is 12.2 Å².